The van der Waals surface area contributed by atoms with Crippen molar-refractivity contribution in [1.82, 2.24) is 0 Å². The third-order valence-electron chi connectivity index (χ3n) is 9.29. The molecule has 0 radical (unpaired) electrons. The molecule has 0 aliphatic heterocycles. The summed E-state index contributed by atoms with van der Waals surface area (Å²) in [5.41, 5.74) is 0. The van der Waals surface area contributed by atoms with Crippen LogP contribution in [0.1, 0.15) is 227 Å². The second-order valence-corrected chi connectivity index (χ2v) is 14.7. The van der Waals surface area contributed by atoms with Gasteiger partial charge in [-0.05, 0) is 25.2 Å². The topological polar surface area (TPSA) is 78.9 Å². The zero-order valence-electron chi connectivity index (χ0n) is 32.4. The van der Waals surface area contributed by atoms with E-state index < -0.39 is 6.10 Å². The Balaban J connectivity index is 4.18. The lowest BCUT2D eigenvalue weighted by atomic mass is 10.0. The number of hydrogen-bond donors (Lipinski definition) is 0. The first-order chi connectivity index (χ1) is 23.4. The Morgan fingerprint density at radius 2 is 0.688 bits per heavy atom. The van der Waals surface area contributed by atoms with Crippen molar-refractivity contribution in [3.8, 4) is 0 Å². The lowest BCUT2D eigenvalue weighted by Gasteiger charge is -2.18. The van der Waals surface area contributed by atoms with E-state index in [2.05, 4.69) is 27.7 Å². The van der Waals surface area contributed by atoms with Crippen LogP contribution in [0.15, 0.2) is 0 Å². The van der Waals surface area contributed by atoms with Gasteiger partial charge in [0.25, 0.3) is 0 Å². The van der Waals surface area contributed by atoms with E-state index in [9.17, 15) is 14.4 Å². The maximum absolute atomic E-state index is 12.5. The number of hydrogen-bond acceptors (Lipinski definition) is 6. The first-order valence-electron chi connectivity index (χ1n) is 20.9. The van der Waals surface area contributed by atoms with Gasteiger partial charge in [-0.3, -0.25) is 14.4 Å². The van der Waals surface area contributed by atoms with Crippen molar-refractivity contribution in [3.05, 3.63) is 0 Å². The average Bonchev–Trinajstić information content (AvgIpc) is 3.06. The van der Waals surface area contributed by atoms with Crippen LogP contribution in [0.25, 0.3) is 0 Å². The quantitative estimate of drug-likeness (QED) is 0.0369. The molecule has 0 saturated heterocycles. The highest BCUT2D eigenvalue weighted by Gasteiger charge is 2.19. The van der Waals surface area contributed by atoms with Gasteiger partial charge in [-0.1, -0.05) is 188 Å². The third-order valence-corrected chi connectivity index (χ3v) is 9.29. The average molecular weight is 681 g/mol. The molecule has 1 atom stereocenters. The Labute approximate surface area is 298 Å². The molecule has 0 aromatic heterocycles. The molecular weight excluding hydrogens is 600 g/mol. The molecule has 0 fully saturated rings. The molecule has 0 bridgehead atoms. The van der Waals surface area contributed by atoms with E-state index in [0.29, 0.717) is 19.3 Å². The predicted octanol–water partition coefficient (Wildman–Crippen LogP) is 12.8. The highest BCUT2D eigenvalue weighted by Crippen LogP contribution is 2.15. The molecule has 0 saturated carbocycles. The second-order valence-electron chi connectivity index (χ2n) is 14.7. The molecule has 0 heterocycles. The summed E-state index contributed by atoms with van der Waals surface area (Å²) in [6.07, 6.45) is 34.1. The van der Waals surface area contributed by atoms with E-state index >= 15 is 0 Å². The van der Waals surface area contributed by atoms with Crippen LogP contribution in [-0.4, -0.2) is 37.2 Å². The van der Waals surface area contributed by atoms with Crippen LogP contribution in [-0.2, 0) is 28.6 Å². The zero-order valence-corrected chi connectivity index (χ0v) is 32.4. The van der Waals surface area contributed by atoms with E-state index in [4.69, 9.17) is 14.2 Å². The number of unbranched alkanes of at least 4 members (excludes halogenated alkanes) is 24. The summed E-state index contributed by atoms with van der Waals surface area (Å²) >= 11 is 0. The van der Waals surface area contributed by atoms with Crippen molar-refractivity contribution >= 4 is 17.9 Å². The van der Waals surface area contributed by atoms with E-state index in [-0.39, 0.29) is 31.1 Å². The largest absolute Gasteiger partial charge is 0.462 e. The van der Waals surface area contributed by atoms with Crippen molar-refractivity contribution in [2.75, 3.05) is 13.2 Å². The Morgan fingerprint density at radius 1 is 0.396 bits per heavy atom. The zero-order chi connectivity index (χ0) is 35.3. The first kappa shape index (κ1) is 46.4. The van der Waals surface area contributed by atoms with E-state index in [1.807, 2.05) is 0 Å². The molecule has 6 heteroatoms. The maximum Gasteiger partial charge on any atom is 0.306 e. The third kappa shape index (κ3) is 35.7. The van der Waals surface area contributed by atoms with Crippen LogP contribution in [0.3, 0.4) is 0 Å². The summed E-state index contributed by atoms with van der Waals surface area (Å²) in [6, 6.07) is 0. The van der Waals surface area contributed by atoms with Crippen LogP contribution < -0.4 is 0 Å². The van der Waals surface area contributed by atoms with E-state index in [1.54, 1.807) is 0 Å². The SMILES string of the molecule is CCCCCCCCCCCCCCCCC(=O)OC[C@H](COC(=O)CCCCCCCCCCC(C)C)OC(=O)CCCCCCC. The molecule has 0 rings (SSSR count). The van der Waals surface area contributed by atoms with Gasteiger partial charge >= 0.3 is 17.9 Å². The van der Waals surface area contributed by atoms with Crippen LogP contribution in [0.5, 0.6) is 0 Å². The Bertz CT molecular complexity index is 721. The van der Waals surface area contributed by atoms with Gasteiger partial charge in [0.15, 0.2) is 6.10 Å². The standard InChI is InChI=1S/C42H80O6/c1-5-7-9-11-12-13-14-15-16-17-18-22-26-29-33-40(43)46-36-39(48-42(45)35-31-24-10-8-6-2)37-47-41(44)34-30-27-23-20-19-21-25-28-32-38(3)4/h38-39H,5-37H2,1-4H3/t39-/m1/s1. The van der Waals surface area contributed by atoms with Gasteiger partial charge < -0.3 is 14.2 Å². The monoisotopic (exact) mass is 681 g/mol. The molecule has 0 spiro atoms. The van der Waals surface area contributed by atoms with Crippen molar-refractivity contribution in [2.45, 2.75) is 233 Å². The van der Waals surface area contributed by atoms with Crippen molar-refractivity contribution < 1.29 is 28.6 Å². The first-order valence-corrected chi connectivity index (χ1v) is 20.9. The summed E-state index contributed by atoms with van der Waals surface area (Å²) in [6.45, 7) is 8.86. The highest BCUT2D eigenvalue weighted by atomic mass is 16.6. The number of rotatable bonds is 37. The molecule has 6 nitrogen and oxygen atoms in total. The summed E-state index contributed by atoms with van der Waals surface area (Å²) in [5, 5.41) is 0. The minimum absolute atomic E-state index is 0.0660. The maximum atomic E-state index is 12.5. The van der Waals surface area contributed by atoms with Gasteiger partial charge in [-0.15, -0.1) is 0 Å². The summed E-state index contributed by atoms with van der Waals surface area (Å²) in [7, 11) is 0. The molecule has 0 aliphatic carbocycles. The molecular formula is C42H80O6. The van der Waals surface area contributed by atoms with Gasteiger partial charge in [0.05, 0.1) is 0 Å². The van der Waals surface area contributed by atoms with Crippen molar-refractivity contribution in [2.24, 2.45) is 5.92 Å². The summed E-state index contributed by atoms with van der Waals surface area (Å²) in [5.74, 6) is -0.0790. The number of ether oxygens (including phenoxy) is 3. The normalized spacial score (nSPS) is 11.9. The van der Waals surface area contributed by atoms with Gasteiger partial charge in [-0.2, -0.15) is 0 Å². The number of esters is 3. The Kier molecular flexibility index (Phi) is 35.5. The Morgan fingerprint density at radius 3 is 1.02 bits per heavy atom. The molecule has 0 aliphatic rings. The van der Waals surface area contributed by atoms with Crippen LogP contribution in [0.2, 0.25) is 0 Å². The minimum atomic E-state index is -0.756. The molecule has 48 heavy (non-hydrogen) atoms. The van der Waals surface area contributed by atoms with E-state index in [0.717, 1.165) is 70.1 Å². The van der Waals surface area contributed by atoms with Crippen molar-refractivity contribution in [3.63, 3.8) is 0 Å². The number of carbonyl (C=O) groups excluding carboxylic acids is 3. The molecule has 0 unspecified atom stereocenters. The lowest BCUT2D eigenvalue weighted by Crippen LogP contribution is -2.30. The van der Waals surface area contributed by atoms with Gasteiger partial charge in [0.2, 0.25) is 0 Å². The predicted molar refractivity (Wildman–Crippen MR) is 201 cm³/mol. The molecule has 284 valence electrons. The van der Waals surface area contributed by atoms with E-state index in [1.165, 1.54) is 116 Å². The molecule has 0 aromatic rings. The summed E-state index contributed by atoms with van der Waals surface area (Å²) in [4.78, 5) is 37.3. The molecule has 0 amide bonds. The number of carbonyl (C=O) groups is 3. The molecule has 0 N–H and O–H groups in total. The van der Waals surface area contributed by atoms with Gasteiger partial charge in [-0.25, -0.2) is 0 Å². The highest BCUT2D eigenvalue weighted by molar-refractivity contribution is 5.71. The smallest absolute Gasteiger partial charge is 0.306 e. The van der Waals surface area contributed by atoms with Crippen LogP contribution in [0, 0.1) is 5.92 Å². The molecule has 0 aromatic carbocycles. The fraction of sp³-hybridized carbons (Fsp3) is 0.929. The van der Waals surface area contributed by atoms with Crippen LogP contribution in [0.4, 0.5) is 0 Å². The fourth-order valence-electron chi connectivity index (χ4n) is 6.10. The van der Waals surface area contributed by atoms with Gasteiger partial charge in [0, 0.05) is 19.3 Å². The minimum Gasteiger partial charge on any atom is -0.462 e. The van der Waals surface area contributed by atoms with Crippen molar-refractivity contribution in [1.29, 1.82) is 0 Å². The lowest BCUT2D eigenvalue weighted by molar-refractivity contribution is -0.167. The summed E-state index contributed by atoms with van der Waals surface area (Å²) < 4.78 is 16.5. The second kappa shape index (κ2) is 36.7. The van der Waals surface area contributed by atoms with Gasteiger partial charge in [0.1, 0.15) is 13.2 Å². The Hall–Kier alpha value is -1.59. The fourth-order valence-corrected chi connectivity index (χ4v) is 6.10. The van der Waals surface area contributed by atoms with Crippen LogP contribution >= 0.6 is 0 Å².